The van der Waals surface area contributed by atoms with Crippen molar-refractivity contribution in [2.24, 2.45) is 10.9 Å². The molecule has 0 aliphatic rings. The second-order valence-electron chi connectivity index (χ2n) is 2.67. The molecule has 1 aromatic heterocycles. The van der Waals surface area contributed by atoms with E-state index < -0.39 is 5.91 Å². The molecule has 1 amide bonds. The number of carbonyl (C=O) groups is 1. The van der Waals surface area contributed by atoms with Crippen molar-refractivity contribution in [3.63, 3.8) is 0 Å². The molecule has 0 aliphatic carbocycles. The summed E-state index contributed by atoms with van der Waals surface area (Å²) in [7, 11) is 0. The van der Waals surface area contributed by atoms with Gasteiger partial charge >= 0.3 is 0 Å². The smallest absolute Gasteiger partial charge is 0.255 e. The van der Waals surface area contributed by atoms with E-state index in [9.17, 15) is 9.90 Å². The molecule has 0 atom stereocenters. The minimum absolute atomic E-state index is 0.0794. The van der Waals surface area contributed by atoms with Gasteiger partial charge in [0.05, 0.1) is 18.3 Å². The standard InChI is InChI=1S/C8H10N4O3/c9-7(12-15)4-11-8(14)5-1-2-10-3-6(5)13/h1-3,13,15H,4H2,(H2,9,12)(H,11,14). The van der Waals surface area contributed by atoms with Crippen LogP contribution in [0.3, 0.4) is 0 Å². The van der Waals surface area contributed by atoms with Crippen molar-refractivity contribution in [1.82, 2.24) is 10.3 Å². The van der Waals surface area contributed by atoms with Crippen LogP contribution in [0.1, 0.15) is 10.4 Å². The molecule has 1 rings (SSSR count). The van der Waals surface area contributed by atoms with Crippen LogP contribution in [-0.4, -0.2) is 33.6 Å². The topological polar surface area (TPSA) is 121 Å². The Hall–Kier alpha value is -2.31. The zero-order valence-corrected chi connectivity index (χ0v) is 7.71. The molecule has 1 heterocycles. The molecular formula is C8H10N4O3. The van der Waals surface area contributed by atoms with E-state index in [4.69, 9.17) is 10.9 Å². The number of amidine groups is 1. The molecule has 0 unspecified atom stereocenters. The normalized spacial score (nSPS) is 11.1. The van der Waals surface area contributed by atoms with Crippen LogP contribution in [0.15, 0.2) is 23.6 Å². The van der Waals surface area contributed by atoms with E-state index >= 15 is 0 Å². The summed E-state index contributed by atoms with van der Waals surface area (Å²) in [6.07, 6.45) is 2.52. The fraction of sp³-hybridized carbons (Fsp3) is 0.125. The molecule has 0 saturated carbocycles. The van der Waals surface area contributed by atoms with Crippen molar-refractivity contribution in [1.29, 1.82) is 0 Å². The highest BCUT2D eigenvalue weighted by Crippen LogP contribution is 2.12. The van der Waals surface area contributed by atoms with Crippen molar-refractivity contribution < 1.29 is 15.1 Å². The van der Waals surface area contributed by atoms with Gasteiger partial charge in [0.15, 0.2) is 5.84 Å². The molecule has 0 fully saturated rings. The van der Waals surface area contributed by atoms with Gasteiger partial charge in [-0.1, -0.05) is 5.16 Å². The summed E-state index contributed by atoms with van der Waals surface area (Å²) >= 11 is 0. The van der Waals surface area contributed by atoms with E-state index in [1.165, 1.54) is 12.3 Å². The predicted molar refractivity (Wildman–Crippen MR) is 51.6 cm³/mol. The lowest BCUT2D eigenvalue weighted by Gasteiger charge is -2.04. The molecule has 7 heteroatoms. The van der Waals surface area contributed by atoms with Gasteiger partial charge in [-0.2, -0.15) is 0 Å². The van der Waals surface area contributed by atoms with Crippen LogP contribution < -0.4 is 11.1 Å². The van der Waals surface area contributed by atoms with Crippen LogP contribution in [0.2, 0.25) is 0 Å². The average molecular weight is 210 g/mol. The summed E-state index contributed by atoms with van der Waals surface area (Å²) in [5, 5.41) is 22.5. The fourth-order valence-electron chi connectivity index (χ4n) is 0.880. The zero-order chi connectivity index (χ0) is 11.3. The Morgan fingerprint density at radius 2 is 2.40 bits per heavy atom. The molecule has 0 saturated heterocycles. The number of aromatic hydroxyl groups is 1. The SMILES string of the molecule is N/C(CNC(=O)c1ccncc1O)=N/O. The molecule has 7 nitrogen and oxygen atoms in total. The Labute approximate surface area is 85.2 Å². The van der Waals surface area contributed by atoms with Gasteiger partial charge in [-0.25, -0.2) is 0 Å². The van der Waals surface area contributed by atoms with Crippen LogP contribution in [-0.2, 0) is 0 Å². The first-order valence-corrected chi connectivity index (χ1v) is 4.02. The number of rotatable bonds is 3. The zero-order valence-electron chi connectivity index (χ0n) is 7.71. The molecule has 15 heavy (non-hydrogen) atoms. The number of oxime groups is 1. The van der Waals surface area contributed by atoms with E-state index in [0.29, 0.717) is 0 Å². The maximum Gasteiger partial charge on any atom is 0.255 e. The van der Waals surface area contributed by atoms with Gasteiger partial charge < -0.3 is 21.4 Å². The molecule has 0 aliphatic heterocycles. The van der Waals surface area contributed by atoms with Crippen molar-refractivity contribution in [2.45, 2.75) is 0 Å². The number of nitrogens with zero attached hydrogens (tertiary/aromatic N) is 2. The van der Waals surface area contributed by atoms with Gasteiger partial charge in [-0.05, 0) is 6.07 Å². The van der Waals surface area contributed by atoms with Gasteiger partial charge in [-0.15, -0.1) is 0 Å². The Bertz CT molecular complexity index is 391. The minimum Gasteiger partial charge on any atom is -0.505 e. The van der Waals surface area contributed by atoms with Gasteiger partial charge in [0.25, 0.3) is 5.91 Å². The minimum atomic E-state index is -0.526. The fourth-order valence-corrected chi connectivity index (χ4v) is 0.880. The first-order chi connectivity index (χ1) is 7.15. The Kier molecular flexibility index (Phi) is 3.44. The number of hydrogen-bond donors (Lipinski definition) is 4. The second-order valence-corrected chi connectivity index (χ2v) is 2.67. The van der Waals surface area contributed by atoms with Gasteiger partial charge in [-0.3, -0.25) is 9.78 Å². The third-order valence-corrected chi connectivity index (χ3v) is 1.60. The lowest BCUT2D eigenvalue weighted by molar-refractivity contribution is 0.0956. The number of nitrogens with two attached hydrogens (primary N) is 1. The maximum atomic E-state index is 11.4. The molecule has 5 N–H and O–H groups in total. The number of pyridine rings is 1. The quantitative estimate of drug-likeness (QED) is 0.227. The maximum absolute atomic E-state index is 11.4. The van der Waals surface area contributed by atoms with Gasteiger partial charge in [0.1, 0.15) is 5.75 Å². The van der Waals surface area contributed by atoms with E-state index in [2.05, 4.69) is 15.5 Å². The highest BCUT2D eigenvalue weighted by Gasteiger charge is 2.10. The summed E-state index contributed by atoms with van der Waals surface area (Å²) < 4.78 is 0. The predicted octanol–water partition coefficient (Wildman–Crippen LogP) is -0.737. The monoisotopic (exact) mass is 210 g/mol. The summed E-state index contributed by atoms with van der Waals surface area (Å²) in [4.78, 5) is 15.0. The number of amides is 1. The Morgan fingerprint density at radius 1 is 1.67 bits per heavy atom. The largest absolute Gasteiger partial charge is 0.505 e. The lowest BCUT2D eigenvalue weighted by atomic mass is 10.2. The van der Waals surface area contributed by atoms with E-state index in [1.807, 2.05) is 0 Å². The molecule has 0 aromatic carbocycles. The number of carbonyl (C=O) groups excluding carboxylic acids is 1. The van der Waals surface area contributed by atoms with Gasteiger partial charge in [0.2, 0.25) is 0 Å². The third-order valence-electron chi connectivity index (χ3n) is 1.60. The summed E-state index contributed by atoms with van der Waals surface area (Å²) in [6, 6.07) is 1.36. The molecule has 0 radical (unpaired) electrons. The summed E-state index contributed by atoms with van der Waals surface area (Å²) in [6.45, 7) is -0.100. The highest BCUT2D eigenvalue weighted by molar-refractivity contribution is 5.98. The molecule has 0 bridgehead atoms. The van der Waals surface area contributed by atoms with E-state index in [-0.39, 0.29) is 23.7 Å². The van der Waals surface area contributed by atoms with Crippen molar-refractivity contribution in [3.05, 3.63) is 24.0 Å². The third kappa shape index (κ3) is 2.83. The Balaban J connectivity index is 2.66. The molecule has 80 valence electrons. The molecule has 0 spiro atoms. The van der Waals surface area contributed by atoms with Crippen molar-refractivity contribution in [3.8, 4) is 5.75 Å². The number of hydrogen-bond acceptors (Lipinski definition) is 5. The van der Waals surface area contributed by atoms with Crippen LogP contribution in [0, 0.1) is 0 Å². The van der Waals surface area contributed by atoms with Crippen LogP contribution >= 0.6 is 0 Å². The number of aromatic nitrogens is 1. The van der Waals surface area contributed by atoms with E-state index in [0.717, 1.165) is 6.20 Å². The van der Waals surface area contributed by atoms with Crippen LogP contribution in [0.5, 0.6) is 5.75 Å². The number of nitrogens with one attached hydrogen (secondary N) is 1. The van der Waals surface area contributed by atoms with Crippen molar-refractivity contribution in [2.75, 3.05) is 6.54 Å². The average Bonchev–Trinajstić information content (AvgIpc) is 2.26. The van der Waals surface area contributed by atoms with Gasteiger partial charge in [0, 0.05) is 6.20 Å². The lowest BCUT2D eigenvalue weighted by Crippen LogP contribution is -2.33. The summed E-state index contributed by atoms with van der Waals surface area (Å²) in [5.41, 5.74) is 5.23. The second kappa shape index (κ2) is 4.80. The highest BCUT2D eigenvalue weighted by atomic mass is 16.4. The van der Waals surface area contributed by atoms with Crippen molar-refractivity contribution >= 4 is 11.7 Å². The molecule has 1 aromatic rings. The van der Waals surface area contributed by atoms with Crippen LogP contribution in [0.25, 0.3) is 0 Å². The Morgan fingerprint density at radius 3 is 3.00 bits per heavy atom. The van der Waals surface area contributed by atoms with Crippen LogP contribution in [0.4, 0.5) is 0 Å². The first-order valence-electron chi connectivity index (χ1n) is 4.02. The molecular weight excluding hydrogens is 200 g/mol. The van der Waals surface area contributed by atoms with E-state index in [1.54, 1.807) is 0 Å². The first kappa shape index (κ1) is 10.8. The summed E-state index contributed by atoms with van der Waals surface area (Å²) in [5.74, 6) is -0.882.